The quantitative estimate of drug-likeness (QED) is 0.620. The molecule has 0 bridgehead atoms. The van der Waals surface area contributed by atoms with Gasteiger partial charge in [0.25, 0.3) is 0 Å². The molecule has 3 nitrogen and oxygen atoms in total. The molecule has 0 atom stereocenters. The number of halogens is 1. The molecule has 67 valence electrons. The van der Waals surface area contributed by atoms with Gasteiger partial charge in [-0.2, -0.15) is 5.10 Å². The van der Waals surface area contributed by atoms with Gasteiger partial charge in [0, 0.05) is 11.4 Å². The first-order chi connectivity index (χ1) is 6.18. The minimum Gasteiger partial charge on any atom is -0.273 e. The minimum atomic E-state index is -0.425. The topological polar surface area (TPSA) is 41.5 Å². The van der Waals surface area contributed by atoms with Crippen LogP contribution in [0.5, 0.6) is 0 Å². The number of carbonyl (C=O) groups excluding carboxylic acids is 1. The van der Waals surface area contributed by atoms with E-state index in [4.69, 9.17) is 0 Å². The van der Waals surface area contributed by atoms with Gasteiger partial charge < -0.3 is 0 Å². The number of nitrogens with zero attached hydrogens (tertiary/aromatic N) is 1. The summed E-state index contributed by atoms with van der Waals surface area (Å²) >= 11 is 3.32. The lowest BCUT2D eigenvalue weighted by atomic mass is 10.2. The predicted octanol–water partition coefficient (Wildman–Crippen LogP) is 1.73. The van der Waals surface area contributed by atoms with Crippen LogP contribution in [0.4, 0.5) is 0 Å². The maximum absolute atomic E-state index is 10.4. The molecule has 0 heterocycles. The number of hydrogen-bond acceptors (Lipinski definition) is 2. The molecule has 0 saturated carbocycles. The van der Waals surface area contributed by atoms with Crippen molar-refractivity contribution in [1.29, 1.82) is 0 Å². The van der Waals surface area contributed by atoms with Crippen LogP contribution in [0.2, 0.25) is 0 Å². The zero-order valence-electron chi connectivity index (χ0n) is 6.83. The van der Waals surface area contributed by atoms with E-state index in [1.807, 2.05) is 24.3 Å². The van der Waals surface area contributed by atoms with E-state index in [1.54, 1.807) is 6.21 Å². The maximum atomic E-state index is 10.4. The van der Waals surface area contributed by atoms with Crippen molar-refractivity contribution >= 4 is 28.1 Å². The highest BCUT2D eigenvalue weighted by atomic mass is 79.9. The maximum Gasteiger partial charge on any atom is 0.240 e. The zero-order valence-corrected chi connectivity index (χ0v) is 8.41. The van der Waals surface area contributed by atoms with Crippen LogP contribution in [0.3, 0.4) is 0 Å². The summed E-state index contributed by atoms with van der Waals surface area (Å²) in [5.41, 5.74) is 3.12. The first kappa shape index (κ1) is 9.92. The number of amides is 1. The van der Waals surface area contributed by atoms with Crippen LogP contribution in [-0.4, -0.2) is 12.1 Å². The largest absolute Gasteiger partial charge is 0.273 e. The predicted molar refractivity (Wildman–Crippen MR) is 55.2 cm³/mol. The summed E-state index contributed by atoms with van der Waals surface area (Å²) in [5, 5.41) is 3.67. The Kier molecular flexibility index (Phi) is 3.64. The molecule has 0 fully saturated rings. The molecule has 4 heteroatoms. The average molecular weight is 240 g/mol. The number of rotatable bonds is 2. The zero-order chi connectivity index (χ0) is 9.68. The normalized spacial score (nSPS) is 10.3. The Bertz CT molecular complexity index is 336. The van der Waals surface area contributed by atoms with Crippen LogP contribution >= 0.6 is 15.9 Å². The molecular weight excluding hydrogens is 232 g/mol. The van der Waals surface area contributed by atoms with Crippen LogP contribution in [0.15, 0.2) is 33.8 Å². The molecule has 1 aromatic carbocycles. The SMILES string of the molecule is [CH2]C(=O)NN=Cc1cccc(Br)c1. The van der Waals surface area contributed by atoms with Crippen LogP contribution < -0.4 is 5.43 Å². The van der Waals surface area contributed by atoms with Gasteiger partial charge in [-0.05, 0) is 17.7 Å². The third-order valence-corrected chi connectivity index (χ3v) is 1.74. The van der Waals surface area contributed by atoms with Gasteiger partial charge in [0.1, 0.15) is 0 Å². The minimum absolute atomic E-state index is 0.425. The lowest BCUT2D eigenvalue weighted by molar-refractivity contribution is -0.116. The van der Waals surface area contributed by atoms with E-state index in [0.29, 0.717) is 0 Å². The van der Waals surface area contributed by atoms with Gasteiger partial charge >= 0.3 is 0 Å². The van der Waals surface area contributed by atoms with Crippen molar-refractivity contribution in [3.05, 3.63) is 41.2 Å². The molecule has 13 heavy (non-hydrogen) atoms. The van der Waals surface area contributed by atoms with Crippen molar-refractivity contribution in [1.82, 2.24) is 5.43 Å². The fraction of sp³-hybridized carbons (Fsp3) is 0. The number of benzene rings is 1. The van der Waals surface area contributed by atoms with Gasteiger partial charge in [-0.3, -0.25) is 4.79 Å². The van der Waals surface area contributed by atoms with E-state index in [0.717, 1.165) is 10.0 Å². The molecule has 0 aliphatic carbocycles. The lowest BCUT2D eigenvalue weighted by Gasteiger charge is -1.93. The van der Waals surface area contributed by atoms with Gasteiger partial charge in [0.2, 0.25) is 5.91 Å². The van der Waals surface area contributed by atoms with Crippen molar-refractivity contribution in [3.63, 3.8) is 0 Å². The van der Waals surface area contributed by atoms with Gasteiger partial charge in [-0.1, -0.05) is 28.1 Å². The monoisotopic (exact) mass is 239 g/mol. The van der Waals surface area contributed by atoms with E-state index in [2.05, 4.69) is 33.4 Å². The number of hydrazone groups is 1. The third-order valence-electron chi connectivity index (χ3n) is 1.25. The summed E-state index contributed by atoms with van der Waals surface area (Å²) < 4.78 is 0.970. The summed E-state index contributed by atoms with van der Waals surface area (Å²) in [4.78, 5) is 10.4. The van der Waals surface area contributed by atoms with Gasteiger partial charge in [0.15, 0.2) is 0 Å². The Morgan fingerprint density at radius 1 is 1.62 bits per heavy atom. The molecule has 1 aromatic rings. The van der Waals surface area contributed by atoms with Gasteiger partial charge in [-0.15, -0.1) is 0 Å². The van der Waals surface area contributed by atoms with Crippen LogP contribution in [0.25, 0.3) is 0 Å². The molecule has 1 radical (unpaired) electrons. The molecule has 0 saturated heterocycles. The Hall–Kier alpha value is -1.16. The second-order valence-corrected chi connectivity index (χ2v) is 3.26. The molecule has 1 N–H and O–H groups in total. The smallest absolute Gasteiger partial charge is 0.240 e. The summed E-state index contributed by atoms with van der Waals surface area (Å²) in [6.07, 6.45) is 1.55. The van der Waals surface area contributed by atoms with E-state index in [1.165, 1.54) is 0 Å². The second-order valence-electron chi connectivity index (χ2n) is 2.35. The number of nitrogens with one attached hydrogen (secondary N) is 1. The Labute approximate surface area is 85.0 Å². The first-order valence-corrected chi connectivity index (χ1v) is 4.38. The third kappa shape index (κ3) is 3.85. The summed E-state index contributed by atoms with van der Waals surface area (Å²) in [5.74, 6) is -0.425. The highest BCUT2D eigenvalue weighted by Crippen LogP contribution is 2.09. The van der Waals surface area contributed by atoms with Gasteiger partial charge in [0.05, 0.1) is 6.21 Å². The molecule has 1 rings (SSSR count). The van der Waals surface area contributed by atoms with Crippen molar-refractivity contribution < 1.29 is 4.79 Å². The summed E-state index contributed by atoms with van der Waals surface area (Å²) in [7, 11) is 0. The summed E-state index contributed by atoms with van der Waals surface area (Å²) in [6.45, 7) is 3.11. The Morgan fingerprint density at radius 3 is 3.00 bits per heavy atom. The van der Waals surface area contributed by atoms with Crippen molar-refractivity contribution in [2.45, 2.75) is 0 Å². The van der Waals surface area contributed by atoms with Crippen LogP contribution in [0.1, 0.15) is 5.56 Å². The number of hydrogen-bond donors (Lipinski definition) is 1. The molecule has 1 amide bonds. The van der Waals surface area contributed by atoms with E-state index >= 15 is 0 Å². The van der Waals surface area contributed by atoms with E-state index in [-0.39, 0.29) is 0 Å². The molecular formula is C9H8BrN2O. The highest BCUT2D eigenvalue weighted by Gasteiger charge is 1.89. The molecule has 0 aliphatic heterocycles. The molecule has 0 aliphatic rings. The average Bonchev–Trinajstić information content (AvgIpc) is 2.03. The molecule has 0 spiro atoms. The van der Waals surface area contributed by atoms with Crippen molar-refractivity contribution in [3.8, 4) is 0 Å². The Morgan fingerprint density at radius 2 is 2.38 bits per heavy atom. The van der Waals surface area contributed by atoms with Crippen LogP contribution in [0, 0.1) is 6.92 Å². The highest BCUT2D eigenvalue weighted by molar-refractivity contribution is 9.10. The van der Waals surface area contributed by atoms with E-state index in [9.17, 15) is 4.79 Å². The standard InChI is InChI=1S/C9H8BrN2O/c1-7(13)12-11-6-8-3-2-4-9(10)5-8/h2-6H,1H2,(H,12,13). The van der Waals surface area contributed by atoms with Crippen LogP contribution in [-0.2, 0) is 4.79 Å². The summed E-state index contributed by atoms with van der Waals surface area (Å²) in [6, 6.07) is 7.57. The Balaban J connectivity index is 2.63. The fourth-order valence-electron chi connectivity index (χ4n) is 0.766. The van der Waals surface area contributed by atoms with Crippen molar-refractivity contribution in [2.75, 3.05) is 0 Å². The van der Waals surface area contributed by atoms with Crippen molar-refractivity contribution in [2.24, 2.45) is 5.10 Å². The number of carbonyl (C=O) groups is 1. The van der Waals surface area contributed by atoms with E-state index < -0.39 is 5.91 Å². The van der Waals surface area contributed by atoms with Gasteiger partial charge in [-0.25, -0.2) is 5.43 Å². The molecule has 0 unspecified atom stereocenters. The first-order valence-electron chi connectivity index (χ1n) is 3.59. The fourth-order valence-corrected chi connectivity index (χ4v) is 1.18. The molecule has 0 aromatic heterocycles. The lowest BCUT2D eigenvalue weighted by Crippen LogP contribution is -2.12. The second kappa shape index (κ2) is 4.77.